The SMILES string of the molecule is FOO[O][Sn]([F])([F])[F]. The molecule has 0 spiro atoms. The van der Waals surface area contributed by atoms with Crippen molar-refractivity contribution in [2.45, 2.75) is 0 Å². The first-order valence-electron chi connectivity index (χ1n) is 1.26. The predicted octanol–water partition coefficient (Wildman–Crippen LogP) is 1.09. The van der Waals surface area contributed by atoms with Gasteiger partial charge in [-0.1, -0.05) is 0 Å². The maximum atomic E-state index is 10.9. The zero-order valence-corrected chi connectivity index (χ0v) is 6.09. The van der Waals surface area contributed by atoms with Crippen molar-refractivity contribution in [3.63, 3.8) is 0 Å². The summed E-state index contributed by atoms with van der Waals surface area (Å²) < 4.78 is 45.3. The van der Waals surface area contributed by atoms with E-state index in [1.54, 1.807) is 0 Å². The van der Waals surface area contributed by atoms with Gasteiger partial charge in [-0.15, -0.1) is 0 Å². The Morgan fingerprint density at radius 1 is 1.12 bits per heavy atom. The third kappa shape index (κ3) is 6.40. The summed E-state index contributed by atoms with van der Waals surface area (Å²) in [5, 5.41) is 4.53. The van der Waals surface area contributed by atoms with Gasteiger partial charge in [0.15, 0.2) is 0 Å². The molecular formula is F4O3Sn. The van der Waals surface area contributed by atoms with Crippen molar-refractivity contribution in [3.8, 4) is 0 Å². The van der Waals surface area contributed by atoms with Crippen LogP contribution in [0.2, 0.25) is 0 Å². The third-order valence-corrected chi connectivity index (χ3v) is 0.888. The molecule has 0 aliphatic carbocycles. The topological polar surface area (TPSA) is 27.7 Å². The average Bonchev–Trinajstić information content (AvgIpc) is 1.59. The molecule has 0 fully saturated rings. The Morgan fingerprint density at radius 2 is 1.62 bits per heavy atom. The van der Waals surface area contributed by atoms with Crippen molar-refractivity contribution >= 4 is 20.5 Å². The zero-order chi connectivity index (χ0) is 6.62. The van der Waals surface area contributed by atoms with E-state index in [0.29, 0.717) is 0 Å². The number of hydrogen-bond donors (Lipinski definition) is 0. The molecule has 0 aromatic heterocycles. The fourth-order valence-electron chi connectivity index (χ4n) is 0.0514. The minimum absolute atomic E-state index is 2.03. The molecule has 0 unspecified atom stereocenters. The van der Waals surface area contributed by atoms with Crippen LogP contribution in [0, 0.1) is 0 Å². The summed E-state index contributed by atoms with van der Waals surface area (Å²) in [7, 11) is 0. The molecule has 8 heavy (non-hydrogen) atoms. The molecule has 0 bridgehead atoms. The van der Waals surface area contributed by atoms with Gasteiger partial charge in [0.05, 0.1) is 0 Å². The Hall–Kier alpha value is 0.399. The molecule has 0 aromatic rings. The number of hydrogen-bond acceptors (Lipinski definition) is 3. The molecule has 50 valence electrons. The molecule has 0 heterocycles. The quantitative estimate of drug-likeness (QED) is 0.321. The van der Waals surface area contributed by atoms with Crippen LogP contribution in [0.4, 0.5) is 13.1 Å². The molecule has 0 aromatic carbocycles. The summed E-state index contributed by atoms with van der Waals surface area (Å²) in [6, 6.07) is 0. The Labute approximate surface area is 47.6 Å². The molecule has 8 heteroatoms. The van der Waals surface area contributed by atoms with Gasteiger partial charge in [-0.2, -0.15) is 0 Å². The van der Waals surface area contributed by atoms with Gasteiger partial charge in [0.2, 0.25) is 0 Å². The van der Waals surface area contributed by atoms with Gasteiger partial charge < -0.3 is 0 Å². The molecule has 0 aliphatic heterocycles. The van der Waals surface area contributed by atoms with Crippen LogP contribution < -0.4 is 0 Å². The van der Waals surface area contributed by atoms with Crippen molar-refractivity contribution in [1.29, 1.82) is 0 Å². The molecule has 0 N–H and O–H groups in total. The van der Waals surface area contributed by atoms with Crippen LogP contribution in [0.5, 0.6) is 0 Å². The molecule has 0 saturated heterocycles. The Balaban J connectivity index is 3.11. The second-order valence-corrected chi connectivity index (χ2v) is 3.68. The van der Waals surface area contributed by atoms with E-state index in [2.05, 4.69) is 8.26 Å². The van der Waals surface area contributed by atoms with Crippen molar-refractivity contribution in [2.75, 3.05) is 0 Å². The predicted molar refractivity (Wildman–Crippen MR) is 13.4 cm³/mol. The molecular weight excluding hydrogens is 243 g/mol. The van der Waals surface area contributed by atoms with Gasteiger partial charge in [0, 0.05) is 0 Å². The second kappa shape index (κ2) is 3.43. The van der Waals surface area contributed by atoms with E-state index >= 15 is 0 Å². The Bertz CT molecular complexity index is 58.8. The number of halogens is 4. The standard InChI is InChI=1S/FHO3.3FH.Sn/c1-3-4-2;;;;/h2H;3*1H;/q;;;;+4/p-4. The van der Waals surface area contributed by atoms with Crippen LogP contribution in [0.25, 0.3) is 0 Å². The van der Waals surface area contributed by atoms with E-state index in [1.165, 1.54) is 0 Å². The van der Waals surface area contributed by atoms with E-state index in [-0.39, 0.29) is 0 Å². The van der Waals surface area contributed by atoms with Crippen LogP contribution in [0.15, 0.2) is 0 Å². The summed E-state index contributed by atoms with van der Waals surface area (Å²) in [5.41, 5.74) is 0. The monoisotopic (exact) mass is 244 g/mol. The van der Waals surface area contributed by atoms with E-state index < -0.39 is 20.5 Å². The van der Waals surface area contributed by atoms with Crippen molar-refractivity contribution in [2.24, 2.45) is 0 Å². The van der Waals surface area contributed by atoms with Crippen LogP contribution in [-0.2, 0) is 13.4 Å². The van der Waals surface area contributed by atoms with Crippen LogP contribution in [0.1, 0.15) is 0 Å². The molecule has 0 rings (SSSR count). The summed E-state index contributed by atoms with van der Waals surface area (Å²) in [5.74, 6) is 0. The first kappa shape index (κ1) is 8.40. The molecule has 0 atom stereocenters. The van der Waals surface area contributed by atoms with Gasteiger partial charge in [-0.05, 0) is 0 Å². The Kier molecular flexibility index (Phi) is 3.60. The normalized spacial score (nSPS) is 12.0. The van der Waals surface area contributed by atoms with Crippen LogP contribution in [0.3, 0.4) is 0 Å². The first-order chi connectivity index (χ1) is 3.56. The van der Waals surface area contributed by atoms with Gasteiger partial charge >= 0.3 is 47.0 Å². The van der Waals surface area contributed by atoms with Crippen LogP contribution >= 0.6 is 0 Å². The summed E-state index contributed by atoms with van der Waals surface area (Å²) in [6.45, 7) is 0. The zero-order valence-electron chi connectivity index (χ0n) is 3.24. The molecule has 0 amide bonds. The number of rotatable bonds is 3. The summed E-state index contributed by atoms with van der Waals surface area (Å²) in [4.78, 5) is 0. The van der Waals surface area contributed by atoms with E-state index in [0.717, 1.165) is 0 Å². The van der Waals surface area contributed by atoms with Crippen molar-refractivity contribution in [1.82, 2.24) is 0 Å². The van der Waals surface area contributed by atoms with Gasteiger partial charge in [0.1, 0.15) is 0 Å². The fourth-order valence-corrected chi connectivity index (χ4v) is 0.345. The van der Waals surface area contributed by atoms with E-state index in [4.69, 9.17) is 0 Å². The molecule has 0 aliphatic rings. The van der Waals surface area contributed by atoms with Gasteiger partial charge in [-0.25, -0.2) is 0 Å². The van der Waals surface area contributed by atoms with Gasteiger partial charge in [0.25, 0.3) is 0 Å². The van der Waals surface area contributed by atoms with Crippen molar-refractivity contribution < 1.29 is 26.5 Å². The Morgan fingerprint density at radius 3 is 1.75 bits per heavy atom. The maximum absolute atomic E-state index is 10.9. The van der Waals surface area contributed by atoms with Gasteiger partial charge in [-0.3, -0.25) is 0 Å². The van der Waals surface area contributed by atoms with Crippen molar-refractivity contribution in [3.05, 3.63) is 0 Å². The molecule has 0 radical (unpaired) electrons. The van der Waals surface area contributed by atoms with Crippen LogP contribution in [-0.4, -0.2) is 20.5 Å². The van der Waals surface area contributed by atoms with E-state index in [9.17, 15) is 13.1 Å². The fraction of sp³-hybridized carbons (Fsp3) is 0. The van der Waals surface area contributed by atoms with E-state index in [1.807, 2.05) is 5.09 Å². The second-order valence-electron chi connectivity index (χ2n) is 0.660. The molecule has 0 saturated carbocycles. The summed E-state index contributed by atoms with van der Waals surface area (Å²) in [6.07, 6.45) is 0. The minimum atomic E-state index is -6.90. The average molecular weight is 243 g/mol. The third-order valence-electron chi connectivity index (χ3n) is 0.154. The first-order valence-corrected chi connectivity index (χ1v) is 5.66. The summed E-state index contributed by atoms with van der Waals surface area (Å²) >= 11 is -6.90. The molecule has 3 nitrogen and oxygen atoms in total.